The van der Waals surface area contributed by atoms with E-state index in [-0.39, 0.29) is 17.7 Å². The van der Waals surface area contributed by atoms with Gasteiger partial charge in [0.25, 0.3) is 0 Å². The van der Waals surface area contributed by atoms with E-state index in [1.165, 1.54) is 22.7 Å². The predicted octanol–water partition coefficient (Wildman–Crippen LogP) is 6.45. The van der Waals surface area contributed by atoms with Crippen LogP contribution in [-0.4, -0.2) is 17.0 Å². The molecule has 0 atom stereocenters. The van der Waals surface area contributed by atoms with E-state index in [0.29, 0.717) is 21.3 Å². The van der Waals surface area contributed by atoms with Gasteiger partial charge in [0.05, 0.1) is 4.88 Å². The molecule has 0 saturated carbocycles. The number of carbonyl (C=O) groups excluding carboxylic acids is 3. The number of ether oxygens (including phenoxy) is 1. The molecule has 2 aromatic carbocycles. The summed E-state index contributed by atoms with van der Waals surface area (Å²) in [5, 5.41) is 12.6. The standard InChI is InChI=1S/C23H18O3S2.CO2/c1-3-4-15-5-8-17(9-6-15)26-21-18-10-7-16(24)13-19(18)28-23(21)20(25)22-14(2)11-12-27-22;2-1-3/h3-13,24H,1-2H3;/b4-3+;. The molecule has 1 N–H and O–H groups in total. The van der Waals surface area contributed by atoms with Gasteiger partial charge in [-0.25, -0.2) is 0 Å². The Bertz CT molecular complexity index is 1270. The molecular weight excluding hydrogens is 432 g/mol. The summed E-state index contributed by atoms with van der Waals surface area (Å²) in [5.41, 5.74) is 2.04. The number of phenolic OH excluding ortho intramolecular Hbond substituents is 1. The Morgan fingerprint density at radius 1 is 1.06 bits per heavy atom. The third kappa shape index (κ3) is 4.98. The molecule has 31 heavy (non-hydrogen) atoms. The normalized spacial score (nSPS) is 10.5. The van der Waals surface area contributed by atoms with Crippen molar-refractivity contribution in [3.63, 3.8) is 0 Å². The van der Waals surface area contributed by atoms with Crippen LogP contribution in [-0.2, 0) is 9.59 Å². The average molecular weight is 451 g/mol. The van der Waals surface area contributed by atoms with Gasteiger partial charge < -0.3 is 9.84 Å². The van der Waals surface area contributed by atoms with Gasteiger partial charge in [-0.2, -0.15) is 9.59 Å². The number of fused-ring (bicyclic) bond motifs is 1. The van der Waals surface area contributed by atoms with Crippen molar-refractivity contribution >= 4 is 50.8 Å². The first-order valence-electron chi connectivity index (χ1n) is 9.22. The molecule has 0 spiro atoms. The van der Waals surface area contributed by atoms with E-state index < -0.39 is 0 Å². The Morgan fingerprint density at radius 2 is 1.77 bits per heavy atom. The molecule has 0 aliphatic rings. The van der Waals surface area contributed by atoms with Crippen LogP contribution in [0.3, 0.4) is 0 Å². The maximum absolute atomic E-state index is 13.2. The van der Waals surface area contributed by atoms with Gasteiger partial charge in [-0.1, -0.05) is 24.3 Å². The number of thiophene rings is 2. The number of carbonyl (C=O) groups is 1. The van der Waals surface area contributed by atoms with Crippen LogP contribution in [0.1, 0.15) is 32.6 Å². The van der Waals surface area contributed by atoms with Crippen LogP contribution in [0.25, 0.3) is 16.2 Å². The van der Waals surface area contributed by atoms with Crippen molar-refractivity contribution in [3.8, 4) is 17.2 Å². The van der Waals surface area contributed by atoms with Crippen molar-refractivity contribution in [1.29, 1.82) is 0 Å². The Hall–Kier alpha value is -3.51. The van der Waals surface area contributed by atoms with Crippen LogP contribution in [0.15, 0.2) is 60.0 Å². The van der Waals surface area contributed by atoms with E-state index in [9.17, 15) is 9.90 Å². The molecule has 2 heterocycles. The molecule has 0 aliphatic heterocycles. The highest BCUT2D eigenvalue weighted by molar-refractivity contribution is 7.22. The van der Waals surface area contributed by atoms with Gasteiger partial charge in [0.2, 0.25) is 5.78 Å². The third-order valence-electron chi connectivity index (χ3n) is 4.36. The number of hydrogen-bond acceptors (Lipinski definition) is 7. The molecule has 4 rings (SSSR count). The second kappa shape index (κ2) is 10.00. The number of phenols is 1. The summed E-state index contributed by atoms with van der Waals surface area (Å²) < 4.78 is 7.00. The summed E-state index contributed by atoms with van der Waals surface area (Å²) in [6.45, 7) is 3.91. The van der Waals surface area contributed by atoms with Crippen molar-refractivity contribution < 1.29 is 24.2 Å². The minimum absolute atomic E-state index is 0.0475. The summed E-state index contributed by atoms with van der Waals surface area (Å²) in [4.78, 5) is 30.7. The smallest absolute Gasteiger partial charge is 0.373 e. The number of ketones is 1. The molecule has 0 amide bonds. The minimum atomic E-state index is -0.0475. The lowest BCUT2D eigenvalue weighted by molar-refractivity contribution is -0.191. The van der Waals surface area contributed by atoms with Crippen LogP contribution in [0.5, 0.6) is 17.2 Å². The SMILES string of the molecule is C/C=C/c1ccc(Oc2c(C(=O)c3sccc3C)sc3cc(O)ccc23)cc1.O=C=O. The maximum atomic E-state index is 13.2. The second-order valence-electron chi connectivity index (χ2n) is 6.46. The molecule has 0 radical (unpaired) electrons. The summed E-state index contributed by atoms with van der Waals surface area (Å²) in [6, 6.07) is 14.7. The van der Waals surface area contributed by atoms with Crippen molar-refractivity contribution in [2.75, 3.05) is 0 Å². The number of rotatable bonds is 5. The first kappa shape index (κ1) is 22.2. The molecule has 0 aliphatic carbocycles. The zero-order chi connectivity index (χ0) is 22.4. The number of benzene rings is 2. The number of allylic oxidation sites excluding steroid dienone is 1. The molecular formula is C24H18O5S2. The number of aromatic hydroxyl groups is 1. The van der Waals surface area contributed by atoms with E-state index >= 15 is 0 Å². The van der Waals surface area contributed by atoms with E-state index in [4.69, 9.17) is 14.3 Å². The van der Waals surface area contributed by atoms with Gasteiger partial charge in [0.1, 0.15) is 16.4 Å². The van der Waals surface area contributed by atoms with Crippen molar-refractivity contribution in [3.05, 3.63) is 80.9 Å². The Balaban J connectivity index is 0.000000858. The van der Waals surface area contributed by atoms with Crippen LogP contribution in [0.4, 0.5) is 0 Å². The molecule has 7 heteroatoms. The lowest BCUT2D eigenvalue weighted by Gasteiger charge is -2.08. The zero-order valence-electron chi connectivity index (χ0n) is 16.7. The van der Waals surface area contributed by atoms with Crippen LogP contribution in [0.2, 0.25) is 0 Å². The summed E-state index contributed by atoms with van der Waals surface area (Å²) >= 11 is 2.78. The maximum Gasteiger partial charge on any atom is 0.373 e. The lowest BCUT2D eigenvalue weighted by atomic mass is 10.1. The molecule has 156 valence electrons. The third-order valence-corrected chi connectivity index (χ3v) is 6.51. The fraction of sp³-hybridized carbons (Fsp3) is 0.0833. The van der Waals surface area contributed by atoms with Gasteiger partial charge in [-0.3, -0.25) is 4.79 Å². The van der Waals surface area contributed by atoms with Crippen LogP contribution >= 0.6 is 22.7 Å². The minimum Gasteiger partial charge on any atom is -0.508 e. The van der Waals surface area contributed by atoms with E-state index in [2.05, 4.69) is 0 Å². The fourth-order valence-electron chi connectivity index (χ4n) is 2.98. The average Bonchev–Trinajstić information content (AvgIpc) is 3.33. The van der Waals surface area contributed by atoms with Gasteiger partial charge in [0.15, 0.2) is 5.75 Å². The molecule has 0 unspecified atom stereocenters. The molecule has 2 aromatic heterocycles. The lowest BCUT2D eigenvalue weighted by Crippen LogP contribution is -2.00. The Labute approximate surface area is 186 Å². The number of aryl methyl sites for hydroxylation is 1. The van der Waals surface area contributed by atoms with Crippen molar-refractivity contribution in [2.45, 2.75) is 13.8 Å². The van der Waals surface area contributed by atoms with E-state index in [1.807, 2.05) is 61.7 Å². The van der Waals surface area contributed by atoms with Crippen molar-refractivity contribution in [1.82, 2.24) is 0 Å². The summed E-state index contributed by atoms with van der Waals surface area (Å²) in [7, 11) is 0. The predicted molar refractivity (Wildman–Crippen MR) is 122 cm³/mol. The monoisotopic (exact) mass is 450 g/mol. The van der Waals surface area contributed by atoms with E-state index in [0.717, 1.165) is 21.2 Å². The van der Waals surface area contributed by atoms with Gasteiger partial charge in [-0.05, 0) is 66.8 Å². The second-order valence-corrected chi connectivity index (χ2v) is 8.43. The van der Waals surface area contributed by atoms with Crippen molar-refractivity contribution in [2.24, 2.45) is 0 Å². The van der Waals surface area contributed by atoms with Crippen LogP contribution < -0.4 is 4.74 Å². The fourth-order valence-corrected chi connectivity index (χ4v) is 5.02. The molecule has 0 saturated heterocycles. The Kier molecular flexibility index (Phi) is 7.15. The molecule has 5 nitrogen and oxygen atoms in total. The highest BCUT2D eigenvalue weighted by Gasteiger charge is 2.24. The summed E-state index contributed by atoms with van der Waals surface area (Å²) in [6.07, 6.45) is 4.25. The quantitative estimate of drug-likeness (QED) is 0.353. The Morgan fingerprint density at radius 3 is 2.39 bits per heavy atom. The topological polar surface area (TPSA) is 80.7 Å². The summed E-state index contributed by atoms with van der Waals surface area (Å²) in [5.74, 6) is 1.32. The largest absolute Gasteiger partial charge is 0.508 e. The number of hydrogen-bond donors (Lipinski definition) is 1. The first-order valence-corrected chi connectivity index (χ1v) is 10.9. The highest BCUT2D eigenvalue weighted by Crippen LogP contribution is 2.43. The van der Waals surface area contributed by atoms with Crippen LogP contribution in [0, 0.1) is 6.92 Å². The molecule has 0 bridgehead atoms. The van der Waals surface area contributed by atoms with Gasteiger partial charge in [0, 0.05) is 10.1 Å². The highest BCUT2D eigenvalue weighted by atomic mass is 32.1. The molecule has 0 fully saturated rings. The molecule has 4 aromatic rings. The van der Waals surface area contributed by atoms with Gasteiger partial charge >= 0.3 is 6.15 Å². The first-order chi connectivity index (χ1) is 15.0. The zero-order valence-corrected chi connectivity index (χ0v) is 18.4. The van der Waals surface area contributed by atoms with Gasteiger partial charge in [-0.15, -0.1) is 22.7 Å². The van der Waals surface area contributed by atoms with E-state index in [1.54, 1.807) is 18.2 Å².